The molecule has 5 nitrogen and oxygen atoms in total. The van der Waals surface area contributed by atoms with E-state index in [0.29, 0.717) is 31.6 Å². The standard InChI is InChI=1S/C9H11N3O2/c13-8-4-3-7(10-11-8)9(14)12-5-1-2-6-12/h1-2H,3-6H2,(H,11,13). The zero-order valence-electron chi connectivity index (χ0n) is 7.69. The summed E-state index contributed by atoms with van der Waals surface area (Å²) in [6, 6.07) is 0. The van der Waals surface area contributed by atoms with Crippen LogP contribution in [0.2, 0.25) is 0 Å². The van der Waals surface area contributed by atoms with Gasteiger partial charge in [-0.15, -0.1) is 0 Å². The van der Waals surface area contributed by atoms with Crippen LogP contribution in [0, 0.1) is 0 Å². The third-order valence-electron chi connectivity index (χ3n) is 2.26. The molecule has 0 spiro atoms. The van der Waals surface area contributed by atoms with Crippen molar-refractivity contribution in [1.82, 2.24) is 10.3 Å². The normalized spacial score (nSPS) is 20.7. The second-order valence-electron chi connectivity index (χ2n) is 3.28. The number of carbonyl (C=O) groups excluding carboxylic acids is 2. The van der Waals surface area contributed by atoms with Crippen molar-refractivity contribution in [1.29, 1.82) is 0 Å². The Balaban J connectivity index is 2.01. The summed E-state index contributed by atoms with van der Waals surface area (Å²) in [4.78, 5) is 24.2. The summed E-state index contributed by atoms with van der Waals surface area (Å²) >= 11 is 0. The van der Waals surface area contributed by atoms with Gasteiger partial charge in [0, 0.05) is 25.9 Å². The molecule has 0 aromatic rings. The fourth-order valence-electron chi connectivity index (χ4n) is 1.45. The Morgan fingerprint density at radius 3 is 2.64 bits per heavy atom. The van der Waals surface area contributed by atoms with Crippen LogP contribution >= 0.6 is 0 Å². The maximum atomic E-state index is 11.7. The number of nitrogens with zero attached hydrogens (tertiary/aromatic N) is 2. The van der Waals surface area contributed by atoms with Gasteiger partial charge in [-0.3, -0.25) is 9.59 Å². The SMILES string of the molecule is O=C1CCC(C(=O)N2CC=CC2)=NN1. The van der Waals surface area contributed by atoms with Gasteiger partial charge in [-0.2, -0.15) is 5.10 Å². The van der Waals surface area contributed by atoms with Gasteiger partial charge in [-0.1, -0.05) is 12.2 Å². The molecule has 2 aliphatic heterocycles. The van der Waals surface area contributed by atoms with Gasteiger partial charge in [0.2, 0.25) is 5.91 Å². The summed E-state index contributed by atoms with van der Waals surface area (Å²) in [6.45, 7) is 1.29. The molecule has 2 aliphatic rings. The molecule has 1 N–H and O–H groups in total. The first-order valence-corrected chi connectivity index (χ1v) is 4.57. The lowest BCUT2D eigenvalue weighted by molar-refractivity contribution is -0.123. The van der Waals surface area contributed by atoms with E-state index in [0.717, 1.165) is 0 Å². The minimum atomic E-state index is -0.124. The monoisotopic (exact) mass is 193 g/mol. The van der Waals surface area contributed by atoms with Gasteiger partial charge in [0.25, 0.3) is 5.91 Å². The van der Waals surface area contributed by atoms with Crippen LogP contribution in [0.15, 0.2) is 17.3 Å². The van der Waals surface area contributed by atoms with Crippen LogP contribution in [0.5, 0.6) is 0 Å². The second-order valence-corrected chi connectivity index (χ2v) is 3.28. The van der Waals surface area contributed by atoms with Crippen molar-refractivity contribution in [3.63, 3.8) is 0 Å². The van der Waals surface area contributed by atoms with E-state index < -0.39 is 0 Å². The lowest BCUT2D eigenvalue weighted by atomic mass is 10.1. The first-order chi connectivity index (χ1) is 6.77. The predicted molar refractivity (Wildman–Crippen MR) is 50.5 cm³/mol. The molecule has 0 bridgehead atoms. The third kappa shape index (κ3) is 1.66. The Labute approximate surface area is 81.5 Å². The van der Waals surface area contributed by atoms with E-state index in [1.807, 2.05) is 12.2 Å². The van der Waals surface area contributed by atoms with Crippen LogP contribution in [0.1, 0.15) is 12.8 Å². The van der Waals surface area contributed by atoms with Gasteiger partial charge in [-0.05, 0) is 0 Å². The van der Waals surface area contributed by atoms with Crippen LogP contribution in [0.4, 0.5) is 0 Å². The van der Waals surface area contributed by atoms with Gasteiger partial charge in [-0.25, -0.2) is 5.43 Å². The van der Waals surface area contributed by atoms with E-state index >= 15 is 0 Å². The lowest BCUT2D eigenvalue weighted by Crippen LogP contribution is -2.38. The quantitative estimate of drug-likeness (QED) is 0.578. The number of amides is 2. The molecule has 0 fully saturated rings. The lowest BCUT2D eigenvalue weighted by Gasteiger charge is -2.18. The molecular weight excluding hydrogens is 182 g/mol. The third-order valence-corrected chi connectivity index (χ3v) is 2.26. The molecular formula is C9H11N3O2. The van der Waals surface area contributed by atoms with E-state index in [1.54, 1.807) is 4.90 Å². The van der Waals surface area contributed by atoms with Crippen molar-refractivity contribution in [3.05, 3.63) is 12.2 Å². The number of nitrogens with one attached hydrogen (secondary N) is 1. The summed E-state index contributed by atoms with van der Waals surface area (Å²) in [7, 11) is 0. The van der Waals surface area contributed by atoms with Gasteiger partial charge in [0.1, 0.15) is 5.71 Å². The Morgan fingerprint density at radius 1 is 1.36 bits per heavy atom. The molecule has 0 radical (unpaired) electrons. The first-order valence-electron chi connectivity index (χ1n) is 4.57. The van der Waals surface area contributed by atoms with E-state index in [9.17, 15) is 9.59 Å². The van der Waals surface area contributed by atoms with Crippen LogP contribution in [0.3, 0.4) is 0 Å². The first kappa shape index (κ1) is 8.93. The van der Waals surface area contributed by atoms with Gasteiger partial charge in [0.05, 0.1) is 0 Å². The molecule has 0 aromatic carbocycles. The highest BCUT2D eigenvalue weighted by molar-refractivity contribution is 6.39. The molecule has 2 rings (SSSR count). The Kier molecular flexibility index (Phi) is 2.30. The molecule has 0 aliphatic carbocycles. The van der Waals surface area contributed by atoms with E-state index in [4.69, 9.17) is 0 Å². The molecule has 2 heterocycles. The highest BCUT2D eigenvalue weighted by Gasteiger charge is 2.23. The predicted octanol–water partition coefficient (Wildman–Crippen LogP) is -0.349. The molecule has 2 amide bonds. The van der Waals surface area contributed by atoms with Crippen LogP contribution in [-0.2, 0) is 9.59 Å². The molecule has 5 heteroatoms. The summed E-state index contributed by atoms with van der Waals surface area (Å²) in [6.07, 6.45) is 4.69. The minimum Gasteiger partial charge on any atom is -0.330 e. The number of hydrazone groups is 1. The highest BCUT2D eigenvalue weighted by Crippen LogP contribution is 2.06. The minimum absolute atomic E-state index is 0.0741. The molecule has 0 saturated heterocycles. The second kappa shape index (κ2) is 3.61. The molecule has 0 atom stereocenters. The summed E-state index contributed by atoms with van der Waals surface area (Å²) in [5.41, 5.74) is 2.77. The Bertz CT molecular complexity index is 325. The number of carbonyl (C=O) groups is 2. The average molecular weight is 193 g/mol. The van der Waals surface area contributed by atoms with Crippen molar-refractivity contribution in [3.8, 4) is 0 Å². The van der Waals surface area contributed by atoms with Gasteiger partial charge < -0.3 is 4.90 Å². The highest BCUT2D eigenvalue weighted by atomic mass is 16.2. The molecule has 0 aromatic heterocycles. The van der Waals surface area contributed by atoms with E-state index in [1.165, 1.54) is 0 Å². The number of rotatable bonds is 1. The van der Waals surface area contributed by atoms with Crippen LogP contribution in [-0.4, -0.2) is 35.5 Å². The smallest absolute Gasteiger partial charge is 0.270 e. The van der Waals surface area contributed by atoms with E-state index in [-0.39, 0.29) is 11.8 Å². The topological polar surface area (TPSA) is 61.8 Å². The fraction of sp³-hybridized carbons (Fsp3) is 0.444. The largest absolute Gasteiger partial charge is 0.330 e. The Morgan fingerprint density at radius 2 is 2.07 bits per heavy atom. The maximum absolute atomic E-state index is 11.7. The van der Waals surface area contributed by atoms with Crippen LogP contribution in [0.25, 0.3) is 0 Å². The molecule has 0 saturated carbocycles. The zero-order chi connectivity index (χ0) is 9.97. The molecule has 0 unspecified atom stereocenters. The maximum Gasteiger partial charge on any atom is 0.270 e. The van der Waals surface area contributed by atoms with Crippen molar-refractivity contribution in [2.24, 2.45) is 5.10 Å². The number of hydrogen-bond donors (Lipinski definition) is 1. The van der Waals surface area contributed by atoms with Crippen LogP contribution < -0.4 is 5.43 Å². The van der Waals surface area contributed by atoms with Crippen molar-refractivity contribution < 1.29 is 9.59 Å². The molecule has 14 heavy (non-hydrogen) atoms. The van der Waals surface area contributed by atoms with Gasteiger partial charge >= 0.3 is 0 Å². The zero-order valence-corrected chi connectivity index (χ0v) is 7.69. The van der Waals surface area contributed by atoms with E-state index in [2.05, 4.69) is 10.5 Å². The number of hydrogen-bond acceptors (Lipinski definition) is 3. The van der Waals surface area contributed by atoms with Crippen molar-refractivity contribution in [2.45, 2.75) is 12.8 Å². The summed E-state index contributed by atoms with van der Waals surface area (Å²) < 4.78 is 0. The Hall–Kier alpha value is -1.65. The summed E-state index contributed by atoms with van der Waals surface area (Å²) in [5.74, 6) is -0.198. The average Bonchev–Trinajstić information content (AvgIpc) is 2.71. The van der Waals surface area contributed by atoms with Crippen molar-refractivity contribution in [2.75, 3.05) is 13.1 Å². The fourth-order valence-corrected chi connectivity index (χ4v) is 1.45. The molecule has 74 valence electrons. The summed E-state index contributed by atoms with van der Waals surface area (Å²) in [5, 5.41) is 3.75. The van der Waals surface area contributed by atoms with Gasteiger partial charge in [0.15, 0.2) is 0 Å². The van der Waals surface area contributed by atoms with Crippen molar-refractivity contribution >= 4 is 17.5 Å².